The van der Waals surface area contributed by atoms with Crippen LogP contribution in [-0.4, -0.2) is 30.4 Å². The Kier molecular flexibility index (Phi) is 5.98. The highest BCUT2D eigenvalue weighted by atomic mass is 35.5. The van der Waals surface area contributed by atoms with Crippen LogP contribution in [0.15, 0.2) is 29.3 Å². The number of anilines is 1. The summed E-state index contributed by atoms with van der Waals surface area (Å²) in [6.45, 7) is 1.26. The predicted molar refractivity (Wildman–Crippen MR) is 78.7 cm³/mol. The summed E-state index contributed by atoms with van der Waals surface area (Å²) < 4.78 is 0. The standard InChI is InChI=1S/C13H17ClN4O3/c1-2-10(12(21)17-13(15)16)18(7-11(19)20)9-5-3-8(14)4-6-9/h3-6,10H,2,7H2,1H3,(H,19,20)(H4,15,16,17,21)/p-1/t10-/m1/s1. The number of nitrogens with two attached hydrogens (primary N) is 2. The number of benzene rings is 1. The van der Waals surface area contributed by atoms with Crippen LogP contribution < -0.4 is 21.5 Å². The van der Waals surface area contributed by atoms with Crippen molar-refractivity contribution in [1.82, 2.24) is 0 Å². The Morgan fingerprint density at radius 3 is 2.33 bits per heavy atom. The largest absolute Gasteiger partial charge is 0.548 e. The number of carboxylic acids is 1. The van der Waals surface area contributed by atoms with Gasteiger partial charge < -0.3 is 26.3 Å². The first-order chi connectivity index (χ1) is 9.85. The first-order valence-electron chi connectivity index (χ1n) is 6.20. The van der Waals surface area contributed by atoms with Crippen molar-refractivity contribution in [2.45, 2.75) is 19.4 Å². The van der Waals surface area contributed by atoms with E-state index in [9.17, 15) is 14.7 Å². The van der Waals surface area contributed by atoms with Crippen LogP contribution in [0.3, 0.4) is 0 Å². The molecule has 0 aromatic heterocycles. The van der Waals surface area contributed by atoms with Gasteiger partial charge in [0.1, 0.15) is 6.04 Å². The topological polar surface area (TPSA) is 125 Å². The molecule has 1 rings (SSSR count). The van der Waals surface area contributed by atoms with E-state index in [0.717, 1.165) is 0 Å². The van der Waals surface area contributed by atoms with Crippen molar-refractivity contribution >= 4 is 35.1 Å². The summed E-state index contributed by atoms with van der Waals surface area (Å²) in [5.74, 6) is -2.31. The van der Waals surface area contributed by atoms with Gasteiger partial charge in [0, 0.05) is 10.7 Å². The Hall–Kier alpha value is -2.28. The monoisotopic (exact) mass is 311 g/mol. The van der Waals surface area contributed by atoms with Gasteiger partial charge in [-0.3, -0.25) is 4.79 Å². The number of hydrogen-bond acceptors (Lipinski definition) is 4. The lowest BCUT2D eigenvalue weighted by molar-refractivity contribution is -0.303. The van der Waals surface area contributed by atoms with E-state index in [1.54, 1.807) is 31.2 Å². The molecule has 0 heterocycles. The van der Waals surface area contributed by atoms with E-state index in [0.29, 0.717) is 17.1 Å². The molecule has 0 fully saturated rings. The molecule has 114 valence electrons. The fourth-order valence-corrected chi connectivity index (χ4v) is 2.01. The maximum absolute atomic E-state index is 12.0. The molecule has 21 heavy (non-hydrogen) atoms. The average Bonchev–Trinajstić information content (AvgIpc) is 2.38. The van der Waals surface area contributed by atoms with Crippen LogP contribution in [0.4, 0.5) is 5.69 Å². The van der Waals surface area contributed by atoms with Crippen molar-refractivity contribution in [2.24, 2.45) is 16.5 Å². The zero-order valence-electron chi connectivity index (χ0n) is 11.5. The number of rotatable bonds is 6. The molecule has 7 nitrogen and oxygen atoms in total. The number of guanidine groups is 1. The minimum atomic E-state index is -1.32. The zero-order valence-corrected chi connectivity index (χ0v) is 12.2. The van der Waals surface area contributed by atoms with Crippen LogP contribution in [-0.2, 0) is 9.59 Å². The molecule has 0 aliphatic rings. The van der Waals surface area contributed by atoms with Crippen LogP contribution >= 0.6 is 11.6 Å². The second kappa shape index (κ2) is 7.49. The van der Waals surface area contributed by atoms with Crippen molar-refractivity contribution in [3.63, 3.8) is 0 Å². The highest BCUT2D eigenvalue weighted by molar-refractivity contribution is 6.30. The molecule has 0 bridgehead atoms. The number of hydrogen-bond donors (Lipinski definition) is 2. The lowest BCUT2D eigenvalue weighted by atomic mass is 10.1. The first kappa shape index (κ1) is 16.8. The lowest BCUT2D eigenvalue weighted by Crippen LogP contribution is -2.47. The van der Waals surface area contributed by atoms with Gasteiger partial charge >= 0.3 is 0 Å². The SMILES string of the molecule is CC[C@H](C(=O)N=C(N)N)N(CC(=O)[O-])c1ccc(Cl)cc1. The maximum atomic E-state index is 12.0. The molecule has 0 spiro atoms. The third-order valence-electron chi connectivity index (χ3n) is 2.74. The summed E-state index contributed by atoms with van der Waals surface area (Å²) in [6, 6.07) is 5.59. The number of aliphatic carboxylic acids is 1. The van der Waals surface area contributed by atoms with Crippen LogP contribution in [0.25, 0.3) is 0 Å². The lowest BCUT2D eigenvalue weighted by Gasteiger charge is -2.31. The molecule has 0 saturated heterocycles. The minimum Gasteiger partial charge on any atom is -0.548 e. The van der Waals surface area contributed by atoms with Gasteiger partial charge in [-0.2, -0.15) is 4.99 Å². The molecule has 1 atom stereocenters. The van der Waals surface area contributed by atoms with E-state index in [1.165, 1.54) is 4.90 Å². The Bertz CT molecular complexity index is 541. The number of halogens is 1. The van der Waals surface area contributed by atoms with Gasteiger partial charge in [0.15, 0.2) is 5.96 Å². The number of aliphatic imine (C=N–C) groups is 1. The molecule has 0 aliphatic carbocycles. The molecule has 0 radical (unpaired) electrons. The molecule has 8 heteroatoms. The number of carboxylic acid groups (broad SMARTS) is 1. The third kappa shape index (κ3) is 4.96. The van der Waals surface area contributed by atoms with E-state index in [1.807, 2.05) is 0 Å². The predicted octanol–water partition coefficient (Wildman–Crippen LogP) is -0.525. The highest BCUT2D eigenvalue weighted by Crippen LogP contribution is 2.21. The van der Waals surface area contributed by atoms with Crippen molar-refractivity contribution in [3.8, 4) is 0 Å². The number of carbonyl (C=O) groups excluding carboxylic acids is 2. The van der Waals surface area contributed by atoms with E-state index >= 15 is 0 Å². The van der Waals surface area contributed by atoms with Gasteiger partial charge in [-0.15, -0.1) is 0 Å². The molecule has 4 N–H and O–H groups in total. The molecule has 1 amide bonds. The third-order valence-corrected chi connectivity index (χ3v) is 3.00. The van der Waals surface area contributed by atoms with Crippen molar-refractivity contribution in [2.75, 3.05) is 11.4 Å². The highest BCUT2D eigenvalue weighted by Gasteiger charge is 2.24. The Morgan fingerprint density at radius 2 is 1.90 bits per heavy atom. The van der Waals surface area contributed by atoms with Gasteiger partial charge in [-0.25, -0.2) is 0 Å². The quantitative estimate of drug-likeness (QED) is 0.537. The van der Waals surface area contributed by atoms with Crippen molar-refractivity contribution in [1.29, 1.82) is 0 Å². The van der Waals surface area contributed by atoms with Crippen LogP contribution in [0, 0.1) is 0 Å². The average molecular weight is 312 g/mol. The van der Waals surface area contributed by atoms with Crippen LogP contribution in [0.5, 0.6) is 0 Å². The summed E-state index contributed by atoms with van der Waals surface area (Å²) >= 11 is 5.80. The van der Waals surface area contributed by atoms with Gasteiger partial charge in [0.05, 0.1) is 12.5 Å². The molecule has 0 saturated carbocycles. The van der Waals surface area contributed by atoms with E-state index in [-0.39, 0.29) is 5.96 Å². The Balaban J connectivity index is 3.15. The van der Waals surface area contributed by atoms with Crippen LogP contribution in [0.1, 0.15) is 13.3 Å². The fraction of sp³-hybridized carbons (Fsp3) is 0.308. The first-order valence-corrected chi connectivity index (χ1v) is 6.58. The molecule has 0 unspecified atom stereocenters. The summed E-state index contributed by atoms with van der Waals surface area (Å²) in [4.78, 5) is 27.8. The fourth-order valence-electron chi connectivity index (χ4n) is 1.88. The summed E-state index contributed by atoms with van der Waals surface area (Å²) in [5, 5.41) is 11.4. The van der Waals surface area contributed by atoms with Gasteiger partial charge in [0.2, 0.25) is 0 Å². The molecule has 1 aromatic rings. The molecule has 1 aromatic carbocycles. The van der Waals surface area contributed by atoms with E-state index < -0.39 is 24.5 Å². The molecular weight excluding hydrogens is 296 g/mol. The molecular formula is C13H16ClN4O3-. The van der Waals surface area contributed by atoms with Gasteiger partial charge in [-0.1, -0.05) is 18.5 Å². The summed E-state index contributed by atoms with van der Waals surface area (Å²) in [7, 11) is 0. The summed E-state index contributed by atoms with van der Waals surface area (Å²) in [5.41, 5.74) is 10.9. The summed E-state index contributed by atoms with van der Waals surface area (Å²) in [6.07, 6.45) is 0.325. The normalized spacial score (nSPS) is 11.5. The van der Waals surface area contributed by atoms with Crippen LogP contribution in [0.2, 0.25) is 5.02 Å². The molecule has 0 aliphatic heterocycles. The Morgan fingerprint density at radius 1 is 1.33 bits per heavy atom. The number of nitrogens with zero attached hydrogens (tertiary/aromatic N) is 2. The maximum Gasteiger partial charge on any atom is 0.271 e. The van der Waals surface area contributed by atoms with Gasteiger partial charge in [-0.05, 0) is 30.7 Å². The van der Waals surface area contributed by atoms with Crippen molar-refractivity contribution in [3.05, 3.63) is 29.3 Å². The zero-order chi connectivity index (χ0) is 16.0. The smallest absolute Gasteiger partial charge is 0.271 e. The second-order valence-corrected chi connectivity index (χ2v) is 4.71. The minimum absolute atomic E-state index is 0.325. The van der Waals surface area contributed by atoms with E-state index in [2.05, 4.69) is 4.99 Å². The van der Waals surface area contributed by atoms with E-state index in [4.69, 9.17) is 23.1 Å². The van der Waals surface area contributed by atoms with Gasteiger partial charge in [0.25, 0.3) is 5.91 Å². The second-order valence-electron chi connectivity index (χ2n) is 4.28. The number of amides is 1. The number of carbonyl (C=O) groups is 2. The van der Waals surface area contributed by atoms with Crippen molar-refractivity contribution < 1.29 is 14.7 Å². The Labute approximate surface area is 127 Å².